The first-order chi connectivity index (χ1) is 16.8. The van der Waals surface area contributed by atoms with Gasteiger partial charge in [-0.25, -0.2) is 0 Å². The van der Waals surface area contributed by atoms with Gasteiger partial charge >= 0.3 is 0 Å². The molecule has 2 aromatic carbocycles. The molecular formula is C24H26ClN5O4S. The smallest absolute Gasteiger partial charge is 0.244 e. The van der Waals surface area contributed by atoms with E-state index >= 15 is 0 Å². The lowest BCUT2D eigenvalue weighted by Crippen LogP contribution is -2.22. The Morgan fingerprint density at radius 2 is 1.89 bits per heavy atom. The first kappa shape index (κ1) is 26.1. The van der Waals surface area contributed by atoms with Crippen molar-refractivity contribution in [3.8, 4) is 11.5 Å². The SMILES string of the molecule is COc1ccc(C=CC(=O)NCc2nnc(SCC(=O)Nc3ccc(Cl)cc3C)n2C)cc1OC. The van der Waals surface area contributed by atoms with Gasteiger partial charge in [0.1, 0.15) is 0 Å². The van der Waals surface area contributed by atoms with Crippen molar-refractivity contribution in [2.45, 2.75) is 18.6 Å². The van der Waals surface area contributed by atoms with Gasteiger partial charge < -0.3 is 24.7 Å². The minimum atomic E-state index is -0.283. The van der Waals surface area contributed by atoms with Crippen molar-refractivity contribution in [2.75, 3.05) is 25.3 Å². The summed E-state index contributed by atoms with van der Waals surface area (Å²) in [6, 6.07) is 10.6. The predicted octanol–water partition coefficient (Wildman–Crippen LogP) is 3.85. The fourth-order valence-electron chi connectivity index (χ4n) is 3.06. The number of rotatable bonds is 10. The molecule has 1 heterocycles. The maximum Gasteiger partial charge on any atom is 0.244 e. The number of aromatic nitrogens is 3. The first-order valence-corrected chi connectivity index (χ1v) is 11.9. The van der Waals surface area contributed by atoms with Crippen molar-refractivity contribution in [2.24, 2.45) is 7.05 Å². The Labute approximate surface area is 212 Å². The van der Waals surface area contributed by atoms with E-state index in [1.54, 1.807) is 62.2 Å². The molecule has 0 aliphatic rings. The molecule has 0 saturated heterocycles. The highest BCUT2D eigenvalue weighted by Gasteiger charge is 2.13. The molecule has 2 amide bonds. The molecule has 184 valence electrons. The average Bonchev–Trinajstić information content (AvgIpc) is 3.20. The minimum Gasteiger partial charge on any atom is -0.493 e. The number of nitrogens with one attached hydrogen (secondary N) is 2. The fraction of sp³-hybridized carbons (Fsp3) is 0.250. The summed E-state index contributed by atoms with van der Waals surface area (Å²) in [6.45, 7) is 2.07. The highest BCUT2D eigenvalue weighted by molar-refractivity contribution is 7.99. The molecule has 0 saturated carbocycles. The molecule has 3 aromatic rings. The molecule has 35 heavy (non-hydrogen) atoms. The van der Waals surface area contributed by atoms with E-state index in [1.165, 1.54) is 17.8 Å². The van der Waals surface area contributed by atoms with Gasteiger partial charge in [0, 0.05) is 23.8 Å². The van der Waals surface area contributed by atoms with Gasteiger partial charge in [0.15, 0.2) is 22.5 Å². The Balaban J connectivity index is 1.50. The van der Waals surface area contributed by atoms with Crippen LogP contribution in [0.25, 0.3) is 6.08 Å². The Bertz CT molecular complexity index is 1240. The van der Waals surface area contributed by atoms with E-state index < -0.39 is 0 Å². The topological polar surface area (TPSA) is 107 Å². The van der Waals surface area contributed by atoms with Crippen LogP contribution in [0.2, 0.25) is 5.02 Å². The summed E-state index contributed by atoms with van der Waals surface area (Å²) in [6.07, 6.45) is 3.10. The Morgan fingerprint density at radius 3 is 2.60 bits per heavy atom. The zero-order valence-electron chi connectivity index (χ0n) is 19.8. The lowest BCUT2D eigenvalue weighted by atomic mass is 10.2. The normalized spacial score (nSPS) is 10.9. The number of methoxy groups -OCH3 is 2. The Hall–Kier alpha value is -3.50. The maximum absolute atomic E-state index is 12.3. The average molecular weight is 516 g/mol. The zero-order valence-corrected chi connectivity index (χ0v) is 21.4. The molecule has 0 bridgehead atoms. The number of hydrogen-bond acceptors (Lipinski definition) is 7. The second kappa shape index (κ2) is 12.3. The number of anilines is 1. The monoisotopic (exact) mass is 515 g/mol. The minimum absolute atomic E-state index is 0.161. The number of thioether (sulfide) groups is 1. The van der Waals surface area contributed by atoms with Gasteiger partial charge in [-0.1, -0.05) is 29.4 Å². The highest BCUT2D eigenvalue weighted by atomic mass is 35.5. The van der Waals surface area contributed by atoms with Crippen LogP contribution in [-0.2, 0) is 23.2 Å². The van der Waals surface area contributed by atoms with Gasteiger partial charge in [0.05, 0.1) is 26.5 Å². The number of carbonyl (C=O) groups excluding carboxylic acids is 2. The summed E-state index contributed by atoms with van der Waals surface area (Å²) in [7, 11) is 4.90. The molecule has 0 fully saturated rings. The van der Waals surface area contributed by atoms with Crippen LogP contribution in [0.3, 0.4) is 0 Å². The van der Waals surface area contributed by atoms with E-state index in [1.807, 2.05) is 13.0 Å². The molecule has 0 aliphatic heterocycles. The quantitative estimate of drug-likeness (QED) is 0.312. The molecule has 11 heteroatoms. The standard InChI is InChI=1S/C24H26ClN5O4S/c1-15-11-17(25)7-8-18(15)27-23(32)14-35-24-29-28-21(30(24)2)13-26-22(31)10-6-16-5-9-19(33-3)20(12-16)34-4/h5-12H,13-14H2,1-4H3,(H,26,31)(H,27,32). The largest absolute Gasteiger partial charge is 0.493 e. The number of hydrogen-bond donors (Lipinski definition) is 2. The molecule has 0 spiro atoms. The molecule has 9 nitrogen and oxygen atoms in total. The third kappa shape index (κ3) is 7.24. The molecule has 0 aliphatic carbocycles. The van der Waals surface area contributed by atoms with E-state index in [0.29, 0.717) is 33.2 Å². The van der Waals surface area contributed by atoms with E-state index in [2.05, 4.69) is 20.8 Å². The van der Waals surface area contributed by atoms with Crippen molar-refractivity contribution in [1.29, 1.82) is 0 Å². The van der Waals surface area contributed by atoms with Crippen LogP contribution in [0, 0.1) is 6.92 Å². The third-order valence-corrected chi connectivity index (χ3v) is 6.23. The van der Waals surface area contributed by atoms with Crippen LogP contribution in [0.5, 0.6) is 11.5 Å². The van der Waals surface area contributed by atoms with E-state index in [0.717, 1.165) is 11.1 Å². The molecule has 3 rings (SSSR count). The zero-order chi connectivity index (χ0) is 25.4. The van der Waals surface area contributed by atoms with Gasteiger partial charge in [-0.05, 0) is 54.5 Å². The van der Waals surface area contributed by atoms with Gasteiger partial charge in [-0.3, -0.25) is 9.59 Å². The third-order valence-electron chi connectivity index (χ3n) is 4.98. The fourth-order valence-corrected chi connectivity index (χ4v) is 4.02. The Morgan fingerprint density at radius 1 is 1.11 bits per heavy atom. The highest BCUT2D eigenvalue weighted by Crippen LogP contribution is 2.28. The van der Waals surface area contributed by atoms with Gasteiger partial charge in [-0.2, -0.15) is 0 Å². The summed E-state index contributed by atoms with van der Waals surface area (Å²) in [5.74, 6) is 1.47. The number of carbonyl (C=O) groups is 2. The molecule has 1 aromatic heterocycles. The van der Waals surface area contributed by atoms with E-state index in [4.69, 9.17) is 21.1 Å². The van der Waals surface area contributed by atoms with E-state index in [-0.39, 0.29) is 24.1 Å². The molecule has 0 atom stereocenters. The molecular weight excluding hydrogens is 490 g/mol. The maximum atomic E-state index is 12.3. The molecule has 0 radical (unpaired) electrons. The van der Waals surface area contributed by atoms with Crippen molar-refractivity contribution in [3.05, 3.63) is 64.4 Å². The number of ether oxygens (including phenoxy) is 2. The van der Waals surface area contributed by atoms with Gasteiger partial charge in [-0.15, -0.1) is 10.2 Å². The van der Waals surface area contributed by atoms with Crippen molar-refractivity contribution in [3.63, 3.8) is 0 Å². The van der Waals surface area contributed by atoms with Crippen LogP contribution < -0.4 is 20.1 Å². The summed E-state index contributed by atoms with van der Waals surface area (Å²) < 4.78 is 12.2. The lowest BCUT2D eigenvalue weighted by molar-refractivity contribution is -0.116. The summed E-state index contributed by atoms with van der Waals surface area (Å²) in [5.41, 5.74) is 2.39. The first-order valence-electron chi connectivity index (χ1n) is 10.6. The number of amides is 2. The second-order valence-corrected chi connectivity index (χ2v) is 8.80. The molecule has 2 N–H and O–H groups in total. The Kier molecular flexibility index (Phi) is 9.16. The number of aryl methyl sites for hydroxylation is 1. The number of halogens is 1. The van der Waals surface area contributed by atoms with Crippen molar-refractivity contribution in [1.82, 2.24) is 20.1 Å². The van der Waals surface area contributed by atoms with Crippen LogP contribution >= 0.6 is 23.4 Å². The van der Waals surface area contributed by atoms with Crippen LogP contribution in [-0.4, -0.2) is 46.6 Å². The number of nitrogens with zero attached hydrogens (tertiary/aromatic N) is 3. The lowest BCUT2D eigenvalue weighted by Gasteiger charge is -2.08. The summed E-state index contributed by atoms with van der Waals surface area (Å²) >= 11 is 7.21. The van der Waals surface area contributed by atoms with Crippen molar-refractivity contribution >= 4 is 46.9 Å². The summed E-state index contributed by atoms with van der Waals surface area (Å²) in [5, 5.41) is 15.0. The number of benzene rings is 2. The van der Waals surface area contributed by atoms with Crippen LogP contribution in [0.1, 0.15) is 17.0 Å². The summed E-state index contributed by atoms with van der Waals surface area (Å²) in [4.78, 5) is 24.6. The van der Waals surface area contributed by atoms with Gasteiger partial charge in [0.25, 0.3) is 0 Å². The van der Waals surface area contributed by atoms with Crippen LogP contribution in [0.4, 0.5) is 5.69 Å². The van der Waals surface area contributed by atoms with Crippen molar-refractivity contribution < 1.29 is 19.1 Å². The predicted molar refractivity (Wildman–Crippen MR) is 137 cm³/mol. The van der Waals surface area contributed by atoms with Crippen LogP contribution in [0.15, 0.2) is 47.6 Å². The van der Waals surface area contributed by atoms with E-state index in [9.17, 15) is 9.59 Å². The molecule has 0 unspecified atom stereocenters. The van der Waals surface area contributed by atoms with Gasteiger partial charge in [0.2, 0.25) is 11.8 Å². The second-order valence-electron chi connectivity index (χ2n) is 7.42.